The van der Waals surface area contributed by atoms with Crippen molar-refractivity contribution in [2.45, 2.75) is 32.7 Å². The molecule has 1 aliphatic rings. The van der Waals surface area contributed by atoms with Gasteiger partial charge in [0.15, 0.2) is 11.6 Å². The lowest BCUT2D eigenvalue weighted by Crippen LogP contribution is -2.25. The molecular weight excluding hydrogens is 301 g/mol. The molecule has 0 bridgehead atoms. The van der Waals surface area contributed by atoms with Crippen LogP contribution >= 0.6 is 0 Å². The molecule has 23 heavy (non-hydrogen) atoms. The zero-order chi connectivity index (χ0) is 16.7. The molecule has 1 atom stereocenters. The highest BCUT2D eigenvalue weighted by Crippen LogP contribution is 2.37. The maximum atomic E-state index is 14.3. The van der Waals surface area contributed by atoms with E-state index in [4.69, 9.17) is 9.47 Å². The number of ether oxygens (including phenoxy) is 2. The van der Waals surface area contributed by atoms with Crippen molar-refractivity contribution in [3.63, 3.8) is 0 Å². The number of methoxy groups -OCH3 is 1. The zero-order valence-corrected chi connectivity index (χ0v) is 13.3. The van der Waals surface area contributed by atoms with Crippen molar-refractivity contribution >= 4 is 16.9 Å². The van der Waals surface area contributed by atoms with Crippen molar-refractivity contribution in [3.8, 4) is 5.75 Å². The number of carbonyl (C=O) groups excluding carboxylic acids is 1. The molecular formula is C17H18FNO4. The van der Waals surface area contributed by atoms with Crippen LogP contribution in [0.4, 0.5) is 4.39 Å². The van der Waals surface area contributed by atoms with Gasteiger partial charge in [-0.3, -0.25) is 4.79 Å². The Kier molecular flexibility index (Phi) is 3.83. The van der Waals surface area contributed by atoms with Crippen molar-refractivity contribution in [1.29, 1.82) is 0 Å². The normalized spacial score (nSPS) is 16.4. The molecule has 5 nitrogen and oxygen atoms in total. The summed E-state index contributed by atoms with van der Waals surface area (Å²) < 4.78 is 26.3. The average Bonchev–Trinajstić information content (AvgIpc) is 2.52. The van der Waals surface area contributed by atoms with E-state index in [-0.39, 0.29) is 29.3 Å². The number of carbonyl (C=O) groups is 1. The Morgan fingerprint density at radius 1 is 1.48 bits per heavy atom. The summed E-state index contributed by atoms with van der Waals surface area (Å²) in [5, 5.41) is 0.190. The Balaban J connectivity index is 2.41. The number of pyridine rings is 1. The van der Waals surface area contributed by atoms with Crippen molar-refractivity contribution in [1.82, 2.24) is 4.57 Å². The van der Waals surface area contributed by atoms with Gasteiger partial charge < -0.3 is 14.0 Å². The van der Waals surface area contributed by atoms with Gasteiger partial charge in [-0.05, 0) is 32.8 Å². The van der Waals surface area contributed by atoms with Crippen LogP contribution in [0.1, 0.15) is 42.2 Å². The van der Waals surface area contributed by atoms with Gasteiger partial charge in [0.1, 0.15) is 5.56 Å². The highest BCUT2D eigenvalue weighted by atomic mass is 19.1. The van der Waals surface area contributed by atoms with Gasteiger partial charge >= 0.3 is 5.97 Å². The second-order valence-electron chi connectivity index (χ2n) is 5.65. The lowest BCUT2D eigenvalue weighted by atomic mass is 9.95. The van der Waals surface area contributed by atoms with Crippen molar-refractivity contribution in [3.05, 3.63) is 39.4 Å². The molecule has 1 aromatic carbocycles. The maximum Gasteiger partial charge on any atom is 0.343 e. The van der Waals surface area contributed by atoms with Gasteiger partial charge in [0.05, 0.1) is 24.6 Å². The summed E-state index contributed by atoms with van der Waals surface area (Å²) in [7, 11) is 1.41. The second kappa shape index (κ2) is 5.68. The molecule has 0 saturated carbocycles. The van der Waals surface area contributed by atoms with Crippen LogP contribution in [0.2, 0.25) is 0 Å². The summed E-state index contributed by atoms with van der Waals surface area (Å²) in [5.74, 6) is -1.10. The fraction of sp³-hybridized carbons (Fsp3) is 0.412. The molecule has 6 heteroatoms. The molecule has 2 heterocycles. The first-order valence-corrected chi connectivity index (χ1v) is 7.60. The molecule has 2 aromatic rings. The van der Waals surface area contributed by atoms with E-state index in [0.29, 0.717) is 17.5 Å². The fourth-order valence-electron chi connectivity index (χ4n) is 3.20. The Hall–Kier alpha value is -2.37. The molecule has 0 N–H and O–H groups in total. The molecule has 1 unspecified atom stereocenters. The Morgan fingerprint density at radius 2 is 2.22 bits per heavy atom. The third-order valence-corrected chi connectivity index (χ3v) is 4.31. The lowest BCUT2D eigenvalue weighted by Gasteiger charge is -2.27. The van der Waals surface area contributed by atoms with Crippen LogP contribution in [0.25, 0.3) is 10.9 Å². The van der Waals surface area contributed by atoms with E-state index in [1.807, 2.05) is 11.5 Å². The first-order chi connectivity index (χ1) is 11.0. The fourth-order valence-corrected chi connectivity index (χ4v) is 3.20. The summed E-state index contributed by atoms with van der Waals surface area (Å²) in [6.07, 6.45) is 2.91. The van der Waals surface area contributed by atoms with E-state index in [1.54, 1.807) is 6.92 Å². The number of aryl methyl sites for hydroxylation is 1. The van der Waals surface area contributed by atoms with Gasteiger partial charge in [0, 0.05) is 17.8 Å². The third kappa shape index (κ3) is 2.29. The molecule has 0 saturated heterocycles. The summed E-state index contributed by atoms with van der Waals surface area (Å²) in [4.78, 5) is 24.7. The van der Waals surface area contributed by atoms with Crippen LogP contribution in [0.3, 0.4) is 0 Å². The predicted molar refractivity (Wildman–Crippen MR) is 83.7 cm³/mol. The van der Waals surface area contributed by atoms with E-state index in [0.717, 1.165) is 12.5 Å². The smallest absolute Gasteiger partial charge is 0.343 e. The monoisotopic (exact) mass is 319 g/mol. The van der Waals surface area contributed by atoms with Gasteiger partial charge in [0.25, 0.3) is 0 Å². The summed E-state index contributed by atoms with van der Waals surface area (Å²) in [5.41, 5.74) is 0.739. The van der Waals surface area contributed by atoms with Crippen LogP contribution in [0.15, 0.2) is 17.1 Å². The van der Waals surface area contributed by atoms with Gasteiger partial charge in [0.2, 0.25) is 5.43 Å². The van der Waals surface area contributed by atoms with Gasteiger partial charge in [-0.15, -0.1) is 0 Å². The van der Waals surface area contributed by atoms with Crippen molar-refractivity contribution in [2.24, 2.45) is 0 Å². The number of hydrogen-bond acceptors (Lipinski definition) is 4. The molecule has 3 rings (SSSR count). The molecule has 0 radical (unpaired) electrons. The quantitative estimate of drug-likeness (QED) is 0.816. The minimum atomic E-state index is -0.682. The topological polar surface area (TPSA) is 57.5 Å². The summed E-state index contributed by atoms with van der Waals surface area (Å²) >= 11 is 0. The van der Waals surface area contributed by atoms with Gasteiger partial charge in [-0.2, -0.15) is 0 Å². The molecule has 122 valence electrons. The van der Waals surface area contributed by atoms with E-state index in [1.165, 1.54) is 13.3 Å². The number of hydrogen-bond donors (Lipinski definition) is 0. The van der Waals surface area contributed by atoms with Gasteiger partial charge in [-0.25, -0.2) is 9.18 Å². The maximum absolute atomic E-state index is 14.3. The van der Waals surface area contributed by atoms with E-state index in [2.05, 4.69) is 0 Å². The second-order valence-corrected chi connectivity index (χ2v) is 5.65. The first kappa shape index (κ1) is 15.5. The summed E-state index contributed by atoms with van der Waals surface area (Å²) in [6, 6.07) is 1.24. The van der Waals surface area contributed by atoms with E-state index in [9.17, 15) is 14.0 Å². The zero-order valence-electron chi connectivity index (χ0n) is 13.3. The number of rotatable bonds is 3. The molecule has 1 aromatic heterocycles. The van der Waals surface area contributed by atoms with Crippen molar-refractivity contribution < 1.29 is 18.7 Å². The number of aromatic nitrogens is 1. The van der Waals surface area contributed by atoms with Crippen LogP contribution < -0.4 is 10.2 Å². The average molecular weight is 319 g/mol. The Labute approximate surface area is 132 Å². The molecule has 0 aliphatic carbocycles. The lowest BCUT2D eigenvalue weighted by molar-refractivity contribution is 0.0524. The van der Waals surface area contributed by atoms with E-state index < -0.39 is 17.2 Å². The number of halogens is 1. The van der Waals surface area contributed by atoms with Gasteiger partial charge in [-0.1, -0.05) is 0 Å². The van der Waals surface area contributed by atoms with Crippen LogP contribution in [-0.4, -0.2) is 24.3 Å². The summed E-state index contributed by atoms with van der Waals surface area (Å²) in [6.45, 7) is 3.84. The molecule has 1 aliphatic heterocycles. The minimum absolute atomic E-state index is 0.0661. The van der Waals surface area contributed by atoms with Crippen LogP contribution in [0, 0.1) is 5.82 Å². The van der Waals surface area contributed by atoms with Crippen LogP contribution in [0.5, 0.6) is 5.75 Å². The van der Waals surface area contributed by atoms with Crippen molar-refractivity contribution in [2.75, 3.05) is 13.7 Å². The number of esters is 1. The highest BCUT2D eigenvalue weighted by Gasteiger charge is 2.27. The SMILES string of the molecule is CCOC(=O)c1cn2c3c(c(OC)c(F)cc3c1=O)CCC2C. The number of nitrogens with zero attached hydrogens (tertiary/aromatic N) is 1. The first-order valence-electron chi connectivity index (χ1n) is 7.60. The molecule has 0 spiro atoms. The predicted octanol–water partition coefficient (Wildman–Crippen LogP) is 2.83. The third-order valence-electron chi connectivity index (χ3n) is 4.31. The highest BCUT2D eigenvalue weighted by molar-refractivity contribution is 5.95. The largest absolute Gasteiger partial charge is 0.493 e. The molecule has 0 fully saturated rings. The number of benzene rings is 1. The van der Waals surface area contributed by atoms with Crippen LogP contribution in [-0.2, 0) is 11.2 Å². The Morgan fingerprint density at radius 3 is 2.87 bits per heavy atom. The standard InChI is InChI=1S/C17H18FNO4/c1-4-23-17(21)12-8-19-9(2)5-6-10-14(19)11(15(12)20)7-13(18)16(10)22-3/h7-9H,4-6H2,1-3H3. The Bertz CT molecular complexity index is 856. The minimum Gasteiger partial charge on any atom is -0.493 e. The van der Waals surface area contributed by atoms with E-state index >= 15 is 0 Å². The molecule has 0 amide bonds.